The van der Waals surface area contributed by atoms with E-state index in [1.807, 2.05) is 7.05 Å². The van der Waals surface area contributed by atoms with Gasteiger partial charge in [-0.15, -0.1) is 24.0 Å². The van der Waals surface area contributed by atoms with Crippen LogP contribution < -0.4 is 10.6 Å². The van der Waals surface area contributed by atoms with Crippen molar-refractivity contribution in [3.05, 3.63) is 0 Å². The molecule has 0 aliphatic heterocycles. The minimum atomic E-state index is 0. The first-order valence-corrected chi connectivity index (χ1v) is 9.21. The van der Waals surface area contributed by atoms with E-state index in [2.05, 4.69) is 41.5 Å². The predicted molar refractivity (Wildman–Crippen MR) is 113 cm³/mol. The van der Waals surface area contributed by atoms with Gasteiger partial charge in [-0.1, -0.05) is 32.6 Å². The smallest absolute Gasteiger partial charge is 0.190 e. The zero-order valence-corrected chi connectivity index (χ0v) is 18.1. The van der Waals surface area contributed by atoms with Gasteiger partial charge < -0.3 is 15.5 Å². The molecule has 0 bridgehead atoms. The number of hydrogen-bond donors (Lipinski definition) is 2. The molecule has 1 saturated carbocycles. The molecule has 138 valence electrons. The van der Waals surface area contributed by atoms with Crippen molar-refractivity contribution in [3.63, 3.8) is 0 Å². The molecule has 1 fully saturated rings. The van der Waals surface area contributed by atoms with Gasteiger partial charge in [-0.2, -0.15) is 0 Å². The quantitative estimate of drug-likeness (QED) is 0.223. The summed E-state index contributed by atoms with van der Waals surface area (Å²) in [6.45, 7) is 5.64. The molecular weight excluding hydrogens is 399 g/mol. The fourth-order valence-electron chi connectivity index (χ4n) is 3.11. The fraction of sp³-hybridized carbons (Fsp3) is 0.944. The van der Waals surface area contributed by atoms with Crippen molar-refractivity contribution < 1.29 is 0 Å². The van der Waals surface area contributed by atoms with Crippen molar-refractivity contribution >= 4 is 29.9 Å². The highest BCUT2D eigenvalue weighted by atomic mass is 127. The molecule has 0 saturated heterocycles. The maximum absolute atomic E-state index is 4.34. The number of nitrogens with zero attached hydrogens (tertiary/aromatic N) is 2. The molecule has 1 aliphatic carbocycles. The Kier molecular flexibility index (Phi) is 13.3. The van der Waals surface area contributed by atoms with Crippen LogP contribution in [0.1, 0.15) is 64.7 Å². The molecule has 0 atom stereocenters. The molecule has 1 aliphatic rings. The zero-order valence-electron chi connectivity index (χ0n) is 15.8. The largest absolute Gasteiger partial charge is 0.356 e. The van der Waals surface area contributed by atoms with Crippen LogP contribution in [0.4, 0.5) is 0 Å². The number of unbranched alkanes of at least 4 members (excludes halogenated alkanes) is 4. The minimum Gasteiger partial charge on any atom is -0.356 e. The third kappa shape index (κ3) is 9.75. The highest BCUT2D eigenvalue weighted by Gasteiger charge is 2.34. The van der Waals surface area contributed by atoms with E-state index in [0.29, 0.717) is 5.41 Å². The van der Waals surface area contributed by atoms with Gasteiger partial charge in [0.2, 0.25) is 0 Å². The first-order chi connectivity index (χ1) is 10.6. The van der Waals surface area contributed by atoms with Crippen LogP contribution >= 0.6 is 24.0 Å². The van der Waals surface area contributed by atoms with Crippen LogP contribution in [0.15, 0.2) is 4.99 Å². The molecule has 0 unspecified atom stereocenters. The Morgan fingerprint density at radius 3 is 2.22 bits per heavy atom. The van der Waals surface area contributed by atoms with Crippen molar-refractivity contribution in [1.29, 1.82) is 0 Å². The summed E-state index contributed by atoms with van der Waals surface area (Å²) >= 11 is 0. The summed E-state index contributed by atoms with van der Waals surface area (Å²) in [5.74, 6) is 0.979. The molecule has 1 rings (SSSR count). The summed E-state index contributed by atoms with van der Waals surface area (Å²) in [5, 5.41) is 6.97. The SMILES string of the molecule is CCC1(CNC(=NC)NCCCCCCCN(C)C)CCC1.I. The van der Waals surface area contributed by atoms with Gasteiger partial charge in [-0.05, 0) is 58.2 Å². The van der Waals surface area contributed by atoms with E-state index >= 15 is 0 Å². The van der Waals surface area contributed by atoms with Crippen LogP contribution in [0.2, 0.25) is 0 Å². The van der Waals surface area contributed by atoms with Gasteiger partial charge in [0.05, 0.1) is 0 Å². The van der Waals surface area contributed by atoms with Gasteiger partial charge in [-0.3, -0.25) is 4.99 Å². The average molecular weight is 438 g/mol. The highest BCUT2D eigenvalue weighted by molar-refractivity contribution is 14.0. The zero-order chi connectivity index (χ0) is 16.3. The van der Waals surface area contributed by atoms with E-state index in [-0.39, 0.29) is 24.0 Å². The van der Waals surface area contributed by atoms with Crippen LogP contribution in [0.3, 0.4) is 0 Å². The number of nitrogens with one attached hydrogen (secondary N) is 2. The molecule has 4 nitrogen and oxygen atoms in total. The topological polar surface area (TPSA) is 39.7 Å². The minimum absolute atomic E-state index is 0. The third-order valence-corrected chi connectivity index (χ3v) is 5.09. The molecule has 2 N–H and O–H groups in total. The molecule has 0 spiro atoms. The predicted octanol–water partition coefficient (Wildman–Crippen LogP) is 3.86. The lowest BCUT2D eigenvalue weighted by molar-refractivity contribution is 0.131. The van der Waals surface area contributed by atoms with E-state index in [1.165, 1.54) is 64.3 Å². The van der Waals surface area contributed by atoms with Gasteiger partial charge in [0.15, 0.2) is 5.96 Å². The molecular formula is C18H39IN4. The Bertz CT molecular complexity index is 309. The second-order valence-electron chi connectivity index (χ2n) is 7.13. The highest BCUT2D eigenvalue weighted by Crippen LogP contribution is 2.42. The maximum atomic E-state index is 4.34. The molecule has 0 heterocycles. The second-order valence-corrected chi connectivity index (χ2v) is 7.13. The van der Waals surface area contributed by atoms with E-state index < -0.39 is 0 Å². The van der Waals surface area contributed by atoms with E-state index in [4.69, 9.17) is 0 Å². The third-order valence-electron chi connectivity index (χ3n) is 5.09. The average Bonchev–Trinajstić information content (AvgIpc) is 2.46. The molecule has 23 heavy (non-hydrogen) atoms. The number of halogens is 1. The molecule has 0 aromatic carbocycles. The van der Waals surface area contributed by atoms with Gasteiger partial charge in [0.25, 0.3) is 0 Å². The summed E-state index contributed by atoms with van der Waals surface area (Å²) < 4.78 is 0. The van der Waals surface area contributed by atoms with Crippen LogP contribution in [0, 0.1) is 5.41 Å². The lowest BCUT2D eigenvalue weighted by Crippen LogP contribution is -2.46. The Morgan fingerprint density at radius 1 is 1.04 bits per heavy atom. The number of hydrogen-bond acceptors (Lipinski definition) is 2. The molecule has 0 aromatic rings. The molecule has 5 heteroatoms. The van der Waals surface area contributed by atoms with Gasteiger partial charge in [0.1, 0.15) is 0 Å². The van der Waals surface area contributed by atoms with Crippen molar-refractivity contribution in [2.45, 2.75) is 64.7 Å². The Hall–Kier alpha value is -0.0400. The lowest BCUT2D eigenvalue weighted by Gasteiger charge is -2.41. The fourth-order valence-corrected chi connectivity index (χ4v) is 3.11. The van der Waals surface area contributed by atoms with Gasteiger partial charge in [-0.25, -0.2) is 0 Å². The van der Waals surface area contributed by atoms with E-state index in [9.17, 15) is 0 Å². The summed E-state index contributed by atoms with van der Waals surface area (Å²) in [6.07, 6.45) is 12.0. The van der Waals surface area contributed by atoms with Crippen molar-refractivity contribution in [3.8, 4) is 0 Å². The maximum Gasteiger partial charge on any atom is 0.190 e. The molecule has 0 radical (unpaired) electrons. The molecule has 0 aromatic heterocycles. The monoisotopic (exact) mass is 438 g/mol. The summed E-state index contributed by atoms with van der Waals surface area (Å²) in [4.78, 5) is 6.61. The Morgan fingerprint density at radius 2 is 1.70 bits per heavy atom. The normalized spacial score (nSPS) is 16.7. The van der Waals surface area contributed by atoms with Gasteiger partial charge in [0, 0.05) is 20.1 Å². The van der Waals surface area contributed by atoms with Crippen LogP contribution in [-0.4, -0.2) is 51.6 Å². The number of aliphatic imine (C=N–C) groups is 1. The van der Waals surface area contributed by atoms with Crippen molar-refractivity contribution in [2.75, 3.05) is 40.8 Å². The van der Waals surface area contributed by atoms with Gasteiger partial charge >= 0.3 is 0 Å². The number of rotatable bonds is 11. The first-order valence-electron chi connectivity index (χ1n) is 9.21. The number of guanidine groups is 1. The lowest BCUT2D eigenvalue weighted by atomic mass is 9.67. The molecule has 0 amide bonds. The second kappa shape index (κ2) is 13.3. The van der Waals surface area contributed by atoms with Crippen LogP contribution in [-0.2, 0) is 0 Å². The van der Waals surface area contributed by atoms with Crippen LogP contribution in [0.25, 0.3) is 0 Å². The van der Waals surface area contributed by atoms with Crippen LogP contribution in [0.5, 0.6) is 0 Å². The standard InChI is InChI=1S/C18H38N4.HI/c1-5-18(12-11-13-18)16-21-17(19-2)20-14-9-7-6-8-10-15-22(3)4;/h5-16H2,1-4H3,(H2,19,20,21);1H. The summed E-state index contributed by atoms with van der Waals surface area (Å²) in [7, 11) is 6.17. The summed E-state index contributed by atoms with van der Waals surface area (Å²) in [5.41, 5.74) is 0.546. The first kappa shape index (κ1) is 23.0. The van der Waals surface area contributed by atoms with E-state index in [0.717, 1.165) is 19.0 Å². The van der Waals surface area contributed by atoms with Crippen molar-refractivity contribution in [2.24, 2.45) is 10.4 Å². The summed E-state index contributed by atoms with van der Waals surface area (Å²) in [6, 6.07) is 0. The van der Waals surface area contributed by atoms with E-state index in [1.54, 1.807) is 0 Å². The van der Waals surface area contributed by atoms with Crippen molar-refractivity contribution in [1.82, 2.24) is 15.5 Å². The Balaban J connectivity index is 0.00000484. The Labute approximate surface area is 161 Å².